The Hall–Kier alpha value is -4.63. The zero-order valence-corrected chi connectivity index (χ0v) is 34.5. The molecule has 58 heavy (non-hydrogen) atoms. The lowest BCUT2D eigenvalue weighted by Gasteiger charge is -2.58. The van der Waals surface area contributed by atoms with Crippen molar-refractivity contribution in [2.24, 2.45) is 22.9 Å². The lowest BCUT2D eigenvalue weighted by Crippen LogP contribution is -2.64. The lowest BCUT2D eigenvalue weighted by molar-refractivity contribution is -0.223. The van der Waals surface area contributed by atoms with Crippen molar-refractivity contribution in [3.05, 3.63) is 90.6 Å². The van der Waals surface area contributed by atoms with Gasteiger partial charge >= 0.3 is 6.09 Å². The number of nitrogens with one attached hydrogen (secondary N) is 1. The van der Waals surface area contributed by atoms with Crippen molar-refractivity contribution in [3.8, 4) is 23.0 Å². The third-order valence-corrected chi connectivity index (χ3v) is 12.4. The van der Waals surface area contributed by atoms with Crippen LogP contribution in [0, 0.1) is 17.8 Å². The molecule has 1 saturated carbocycles. The number of rotatable bonds is 21. The number of methoxy groups -OCH3 is 2. The fraction of sp³-hybridized carbons (Fsp3) is 0.500. The van der Waals surface area contributed by atoms with Gasteiger partial charge in [0.1, 0.15) is 29.6 Å². The molecule has 1 aliphatic heterocycles. The summed E-state index contributed by atoms with van der Waals surface area (Å²) in [4.78, 5) is 28.0. The molecule has 312 valence electrons. The molecule has 3 aromatic rings. The van der Waals surface area contributed by atoms with Crippen molar-refractivity contribution in [2.45, 2.75) is 75.2 Å². The Bertz CT molecular complexity index is 1900. The van der Waals surface area contributed by atoms with E-state index in [1.165, 1.54) is 7.11 Å². The van der Waals surface area contributed by atoms with Crippen molar-refractivity contribution < 1.29 is 43.5 Å². The van der Waals surface area contributed by atoms with E-state index in [1.54, 1.807) is 67.8 Å². The van der Waals surface area contributed by atoms with Crippen molar-refractivity contribution in [3.63, 3.8) is 0 Å². The zero-order chi connectivity index (χ0) is 40.9. The van der Waals surface area contributed by atoms with E-state index in [9.17, 15) is 15.0 Å². The van der Waals surface area contributed by atoms with Crippen LogP contribution in [0.25, 0.3) is 0 Å². The summed E-state index contributed by atoms with van der Waals surface area (Å²) < 4.78 is 31.0. The fourth-order valence-electron chi connectivity index (χ4n) is 8.59. The molecule has 2 heterocycles. The molecule has 3 N–H and O–H groups in total. The first-order chi connectivity index (χ1) is 28.4. The molecule has 0 bridgehead atoms. The molecule has 0 saturated heterocycles. The smallest absolute Gasteiger partial charge is 0.417 e. The number of oxime groups is 1. The Balaban J connectivity index is 1.45. The fourth-order valence-corrected chi connectivity index (χ4v) is 9.97. The molecule has 2 aromatic carbocycles. The number of anilines is 1. The normalized spacial score (nSPS) is 23.8. The highest BCUT2D eigenvalue weighted by Gasteiger charge is 2.64. The Morgan fingerprint density at radius 2 is 1.88 bits per heavy atom. The minimum Gasteiger partial charge on any atom is -0.497 e. The SMILES string of the molecule is C=CCOC12Oc3ccc(OC(=O)Nc4ccc(OC)cc4OC)cc3C3C(CCCCO)C(CCCCO)C=C(C(=NOCC)CC1SCCc1cnccn1)C32. The standard InChI is InChI=1S/C44H56N4O9S/c1-5-22-54-44-40(58-23-17-30-28-45-18-19-46-30)27-37(48-55-6-2)34-24-29(11-7-9-20-49)33(12-8-10-21-50)41(42(34)44)35-25-32(14-16-38(35)57-44)56-43(51)47-36-15-13-31(52-3)26-39(36)53-4/h5,13-16,18-19,24-26,28-29,33,40-42,49-50H,1,6-12,17,20-23,27H2,2-4H3,(H,47,51). The summed E-state index contributed by atoms with van der Waals surface area (Å²) in [6.45, 7) is 6.84. The molecule has 6 unspecified atom stereocenters. The van der Waals surface area contributed by atoms with Crippen LogP contribution >= 0.6 is 11.8 Å². The van der Waals surface area contributed by atoms with Crippen molar-refractivity contribution in [1.82, 2.24) is 9.97 Å². The van der Waals surface area contributed by atoms with Crippen LogP contribution in [0.4, 0.5) is 10.5 Å². The molecule has 2 aliphatic carbocycles. The van der Waals surface area contributed by atoms with E-state index in [0.717, 1.165) is 54.0 Å². The molecule has 0 spiro atoms. The molecule has 1 fully saturated rings. The number of aliphatic hydroxyl groups excluding tert-OH is 2. The molecule has 6 atom stereocenters. The molecule has 1 amide bonds. The van der Waals surface area contributed by atoms with Gasteiger partial charge in [0.25, 0.3) is 0 Å². The number of benzene rings is 2. The number of fused-ring (bicyclic) bond motifs is 2. The van der Waals surface area contributed by atoms with E-state index in [-0.39, 0.29) is 48.7 Å². The Kier molecular flexibility index (Phi) is 15.5. The number of aromatic nitrogens is 2. The van der Waals surface area contributed by atoms with E-state index in [2.05, 4.69) is 27.9 Å². The summed E-state index contributed by atoms with van der Waals surface area (Å²) in [6, 6.07) is 10.6. The lowest BCUT2D eigenvalue weighted by atomic mass is 9.56. The number of ether oxygens (including phenoxy) is 5. The predicted molar refractivity (Wildman–Crippen MR) is 224 cm³/mol. The minimum absolute atomic E-state index is 0.0951. The maximum atomic E-state index is 13.4. The van der Waals surface area contributed by atoms with E-state index >= 15 is 0 Å². The summed E-state index contributed by atoms with van der Waals surface area (Å²) >= 11 is 1.76. The van der Waals surface area contributed by atoms with Crippen LogP contribution in [0.2, 0.25) is 0 Å². The number of nitrogens with zero attached hydrogens (tertiary/aromatic N) is 3. The Labute approximate surface area is 345 Å². The highest BCUT2D eigenvalue weighted by molar-refractivity contribution is 8.00. The van der Waals surface area contributed by atoms with Crippen LogP contribution in [-0.2, 0) is 16.0 Å². The van der Waals surface area contributed by atoms with Crippen LogP contribution in [-0.4, -0.2) is 89.4 Å². The largest absolute Gasteiger partial charge is 0.497 e. The van der Waals surface area contributed by atoms with Gasteiger partial charge in [0.05, 0.1) is 49.1 Å². The number of thioether (sulfide) groups is 1. The first-order valence-electron chi connectivity index (χ1n) is 20.2. The summed E-state index contributed by atoms with van der Waals surface area (Å²) in [5, 5.41) is 27.0. The molecule has 14 heteroatoms. The zero-order valence-electron chi connectivity index (χ0n) is 33.6. The third-order valence-electron chi connectivity index (χ3n) is 11.1. The van der Waals surface area contributed by atoms with Crippen LogP contribution in [0.5, 0.6) is 23.0 Å². The second kappa shape index (κ2) is 20.9. The van der Waals surface area contributed by atoms with Gasteiger partial charge in [-0.3, -0.25) is 15.3 Å². The number of unbranched alkanes of at least 4 members (excludes halogenated alkanes) is 2. The van der Waals surface area contributed by atoms with Crippen LogP contribution in [0.1, 0.15) is 69.0 Å². The van der Waals surface area contributed by atoms with Gasteiger partial charge in [-0.15, -0.1) is 6.58 Å². The first-order valence-corrected chi connectivity index (χ1v) is 21.2. The highest BCUT2D eigenvalue weighted by atomic mass is 32.2. The van der Waals surface area contributed by atoms with Gasteiger partial charge in [-0.1, -0.05) is 30.1 Å². The topological polar surface area (TPSA) is 163 Å². The maximum absolute atomic E-state index is 13.4. The van der Waals surface area contributed by atoms with E-state index in [0.29, 0.717) is 61.0 Å². The average Bonchev–Trinajstić information content (AvgIpc) is 3.24. The Morgan fingerprint density at radius 1 is 1.07 bits per heavy atom. The summed E-state index contributed by atoms with van der Waals surface area (Å²) in [6.07, 6.45) is 14.6. The van der Waals surface area contributed by atoms with Gasteiger partial charge in [-0.05, 0) is 86.1 Å². The molecular formula is C44H56N4O9S. The molecular weight excluding hydrogens is 761 g/mol. The van der Waals surface area contributed by atoms with Crippen molar-refractivity contribution >= 4 is 29.3 Å². The summed E-state index contributed by atoms with van der Waals surface area (Å²) in [7, 11) is 3.08. The van der Waals surface area contributed by atoms with Crippen LogP contribution in [0.3, 0.4) is 0 Å². The maximum Gasteiger partial charge on any atom is 0.417 e. The Morgan fingerprint density at radius 3 is 2.60 bits per heavy atom. The number of carbonyl (C=O) groups is 1. The number of carbonyl (C=O) groups excluding carboxylic acids is 1. The number of hydrogen-bond acceptors (Lipinski definition) is 13. The number of amides is 1. The number of aryl methyl sites for hydroxylation is 1. The first kappa shape index (κ1) is 43.0. The van der Waals surface area contributed by atoms with Crippen molar-refractivity contribution in [2.75, 3.05) is 51.7 Å². The second-order valence-corrected chi connectivity index (χ2v) is 15.9. The van der Waals surface area contributed by atoms with E-state index in [4.69, 9.17) is 33.7 Å². The summed E-state index contributed by atoms with van der Waals surface area (Å²) in [5.74, 6) is 1.38. The molecule has 3 aliphatic rings. The number of hydrogen-bond donors (Lipinski definition) is 3. The van der Waals surface area contributed by atoms with Gasteiger partial charge in [0.2, 0.25) is 5.79 Å². The molecule has 6 rings (SSSR count). The number of allylic oxidation sites excluding steroid dienone is 1. The number of aliphatic hydroxyl groups is 2. The molecule has 1 aromatic heterocycles. The van der Waals surface area contributed by atoms with Crippen molar-refractivity contribution in [1.29, 1.82) is 0 Å². The predicted octanol–water partition coefficient (Wildman–Crippen LogP) is 7.73. The van der Waals surface area contributed by atoms with Crippen LogP contribution < -0.4 is 24.3 Å². The van der Waals surface area contributed by atoms with Gasteiger partial charge in [-0.2, -0.15) is 11.8 Å². The molecule has 0 radical (unpaired) electrons. The monoisotopic (exact) mass is 816 g/mol. The van der Waals surface area contributed by atoms with Gasteiger partial charge in [-0.25, -0.2) is 4.79 Å². The van der Waals surface area contributed by atoms with Crippen LogP contribution in [0.15, 0.2) is 84.4 Å². The quantitative estimate of drug-likeness (QED) is 0.0546. The second-order valence-electron chi connectivity index (χ2n) is 14.6. The van der Waals surface area contributed by atoms with Gasteiger partial charge in [0, 0.05) is 62.2 Å². The van der Waals surface area contributed by atoms with Gasteiger partial charge in [0.15, 0.2) is 0 Å². The molecule has 13 nitrogen and oxygen atoms in total. The van der Waals surface area contributed by atoms with E-state index in [1.807, 2.05) is 19.1 Å². The average molecular weight is 817 g/mol. The minimum atomic E-state index is -1.12. The van der Waals surface area contributed by atoms with E-state index < -0.39 is 11.9 Å². The highest BCUT2D eigenvalue weighted by Crippen LogP contribution is 2.62. The summed E-state index contributed by atoms with van der Waals surface area (Å²) in [5.41, 5.74) is 4.13. The van der Waals surface area contributed by atoms with Gasteiger partial charge < -0.3 is 38.7 Å². The third kappa shape index (κ3) is 9.79.